The molecule has 0 saturated heterocycles. The van der Waals surface area contributed by atoms with Gasteiger partial charge in [-0.05, 0) is 37.8 Å². The van der Waals surface area contributed by atoms with Crippen LogP contribution >= 0.6 is 11.8 Å². The normalized spacial score (nSPS) is 14.8. The maximum atomic E-state index is 5.25. The number of hydrogen-bond donors (Lipinski definition) is 1. The molecule has 0 heterocycles. The molecule has 0 aromatic heterocycles. The molecule has 0 fully saturated rings. The Morgan fingerprint density at radius 2 is 1.61 bits per heavy atom. The SMILES string of the molecule is COC(OC)C(C)NC(C)c1ccc(SC)cc1. The third kappa shape index (κ3) is 4.28. The first-order chi connectivity index (χ1) is 8.62. The molecule has 2 atom stereocenters. The Morgan fingerprint density at radius 1 is 1.06 bits per heavy atom. The van der Waals surface area contributed by atoms with Crippen molar-refractivity contribution in [2.75, 3.05) is 20.5 Å². The molecule has 0 saturated carbocycles. The summed E-state index contributed by atoms with van der Waals surface area (Å²) in [6, 6.07) is 9.01. The summed E-state index contributed by atoms with van der Waals surface area (Å²) in [6.45, 7) is 4.21. The molecule has 0 aliphatic heterocycles. The van der Waals surface area contributed by atoms with E-state index in [2.05, 4.69) is 49.7 Å². The zero-order valence-electron chi connectivity index (χ0n) is 11.8. The molecule has 0 bridgehead atoms. The second-order valence-electron chi connectivity index (χ2n) is 4.29. The van der Waals surface area contributed by atoms with Gasteiger partial charge in [-0.25, -0.2) is 0 Å². The molecule has 0 aliphatic rings. The minimum Gasteiger partial charge on any atom is -0.354 e. The van der Waals surface area contributed by atoms with Crippen LogP contribution in [0.4, 0.5) is 0 Å². The van der Waals surface area contributed by atoms with Crippen molar-refractivity contribution in [3.8, 4) is 0 Å². The van der Waals surface area contributed by atoms with E-state index < -0.39 is 0 Å². The highest BCUT2D eigenvalue weighted by atomic mass is 32.2. The number of nitrogens with one attached hydrogen (secondary N) is 1. The van der Waals surface area contributed by atoms with Crippen molar-refractivity contribution in [1.82, 2.24) is 5.32 Å². The van der Waals surface area contributed by atoms with E-state index in [9.17, 15) is 0 Å². The Labute approximate surface area is 114 Å². The first-order valence-electron chi connectivity index (χ1n) is 6.08. The van der Waals surface area contributed by atoms with E-state index in [1.165, 1.54) is 10.5 Å². The van der Waals surface area contributed by atoms with Gasteiger partial charge in [-0.2, -0.15) is 0 Å². The van der Waals surface area contributed by atoms with Crippen molar-refractivity contribution >= 4 is 11.8 Å². The van der Waals surface area contributed by atoms with Crippen LogP contribution in [-0.2, 0) is 9.47 Å². The number of thioether (sulfide) groups is 1. The third-order valence-corrected chi connectivity index (χ3v) is 3.75. The van der Waals surface area contributed by atoms with Gasteiger partial charge in [-0.3, -0.25) is 0 Å². The van der Waals surface area contributed by atoms with Crippen molar-refractivity contribution in [1.29, 1.82) is 0 Å². The lowest BCUT2D eigenvalue weighted by molar-refractivity contribution is -0.120. The van der Waals surface area contributed by atoms with Crippen LogP contribution in [0.3, 0.4) is 0 Å². The minimum atomic E-state index is -0.224. The molecule has 0 spiro atoms. The van der Waals surface area contributed by atoms with Gasteiger partial charge in [-0.15, -0.1) is 11.8 Å². The molecule has 1 rings (SSSR count). The van der Waals surface area contributed by atoms with E-state index in [-0.39, 0.29) is 18.4 Å². The Bertz CT molecular complexity index is 338. The van der Waals surface area contributed by atoms with Gasteiger partial charge in [0.25, 0.3) is 0 Å². The second-order valence-corrected chi connectivity index (χ2v) is 5.17. The summed E-state index contributed by atoms with van der Waals surface area (Å²) >= 11 is 1.75. The van der Waals surface area contributed by atoms with E-state index in [0.29, 0.717) is 0 Å². The summed E-state index contributed by atoms with van der Waals surface area (Å²) in [4.78, 5) is 1.28. The smallest absolute Gasteiger partial charge is 0.171 e. The molecule has 1 aromatic rings. The first kappa shape index (κ1) is 15.5. The van der Waals surface area contributed by atoms with Crippen molar-refractivity contribution < 1.29 is 9.47 Å². The van der Waals surface area contributed by atoms with Crippen LogP contribution < -0.4 is 5.32 Å². The number of hydrogen-bond acceptors (Lipinski definition) is 4. The highest BCUT2D eigenvalue weighted by Gasteiger charge is 2.18. The summed E-state index contributed by atoms with van der Waals surface area (Å²) in [7, 11) is 3.31. The van der Waals surface area contributed by atoms with Crippen molar-refractivity contribution in [2.45, 2.75) is 37.1 Å². The predicted octanol–water partition coefficient (Wildman–Crippen LogP) is 3.07. The average molecular weight is 269 g/mol. The molecule has 2 unspecified atom stereocenters. The van der Waals surface area contributed by atoms with Gasteiger partial charge in [0.2, 0.25) is 0 Å². The molecule has 1 N–H and O–H groups in total. The van der Waals surface area contributed by atoms with Gasteiger partial charge < -0.3 is 14.8 Å². The third-order valence-electron chi connectivity index (χ3n) is 3.00. The Hall–Kier alpha value is -0.550. The lowest BCUT2D eigenvalue weighted by Gasteiger charge is -2.26. The van der Waals surface area contributed by atoms with Gasteiger partial charge in [-0.1, -0.05) is 12.1 Å². The van der Waals surface area contributed by atoms with Crippen LogP contribution in [0, 0.1) is 0 Å². The van der Waals surface area contributed by atoms with E-state index in [1.54, 1.807) is 26.0 Å². The quantitative estimate of drug-likeness (QED) is 0.609. The molecule has 3 nitrogen and oxygen atoms in total. The van der Waals surface area contributed by atoms with E-state index in [1.807, 2.05) is 0 Å². The largest absolute Gasteiger partial charge is 0.354 e. The number of methoxy groups -OCH3 is 2. The molecule has 0 radical (unpaired) electrons. The zero-order chi connectivity index (χ0) is 13.5. The molecule has 0 amide bonds. The molecular formula is C14H23NO2S. The zero-order valence-corrected chi connectivity index (χ0v) is 12.6. The summed E-state index contributed by atoms with van der Waals surface area (Å²) < 4.78 is 10.5. The van der Waals surface area contributed by atoms with Crippen LogP contribution in [0.1, 0.15) is 25.5 Å². The Kier molecular flexibility index (Phi) is 6.71. The maximum Gasteiger partial charge on any atom is 0.171 e. The summed E-state index contributed by atoms with van der Waals surface area (Å²) in [5.41, 5.74) is 1.27. The highest BCUT2D eigenvalue weighted by Crippen LogP contribution is 2.19. The van der Waals surface area contributed by atoms with Crippen LogP contribution in [0.5, 0.6) is 0 Å². The van der Waals surface area contributed by atoms with Crippen LogP contribution in [0.2, 0.25) is 0 Å². The van der Waals surface area contributed by atoms with Gasteiger partial charge >= 0.3 is 0 Å². The number of ether oxygens (including phenoxy) is 2. The highest BCUT2D eigenvalue weighted by molar-refractivity contribution is 7.98. The van der Waals surface area contributed by atoms with Crippen LogP contribution in [0.25, 0.3) is 0 Å². The van der Waals surface area contributed by atoms with E-state index in [4.69, 9.17) is 9.47 Å². The molecule has 18 heavy (non-hydrogen) atoms. The maximum absolute atomic E-state index is 5.25. The minimum absolute atomic E-state index is 0.134. The molecule has 1 aromatic carbocycles. The fourth-order valence-electron chi connectivity index (χ4n) is 1.97. The molecule has 4 heteroatoms. The molecular weight excluding hydrogens is 246 g/mol. The molecule has 102 valence electrons. The van der Waals surface area contributed by atoms with Gasteiger partial charge in [0, 0.05) is 25.2 Å². The average Bonchev–Trinajstić information content (AvgIpc) is 2.40. The summed E-state index contributed by atoms with van der Waals surface area (Å²) in [5, 5.41) is 3.48. The number of benzene rings is 1. The fraction of sp³-hybridized carbons (Fsp3) is 0.571. The van der Waals surface area contributed by atoms with Crippen LogP contribution in [-0.4, -0.2) is 32.8 Å². The second kappa shape index (κ2) is 7.79. The monoisotopic (exact) mass is 269 g/mol. The Morgan fingerprint density at radius 3 is 2.06 bits per heavy atom. The van der Waals surface area contributed by atoms with Crippen molar-refractivity contribution in [3.63, 3.8) is 0 Å². The van der Waals surface area contributed by atoms with Gasteiger partial charge in [0.05, 0.1) is 6.04 Å². The predicted molar refractivity (Wildman–Crippen MR) is 77.0 cm³/mol. The standard InChI is InChI=1S/C14H23NO2S/c1-10(15-11(2)14(16-3)17-4)12-6-8-13(18-5)9-7-12/h6-11,14-15H,1-5H3. The van der Waals surface area contributed by atoms with Gasteiger partial charge in [0.15, 0.2) is 6.29 Å². The van der Waals surface area contributed by atoms with E-state index >= 15 is 0 Å². The fourth-order valence-corrected chi connectivity index (χ4v) is 2.37. The van der Waals surface area contributed by atoms with Crippen molar-refractivity contribution in [2.24, 2.45) is 0 Å². The van der Waals surface area contributed by atoms with Crippen LogP contribution in [0.15, 0.2) is 29.2 Å². The van der Waals surface area contributed by atoms with Crippen molar-refractivity contribution in [3.05, 3.63) is 29.8 Å². The van der Waals surface area contributed by atoms with Gasteiger partial charge in [0.1, 0.15) is 0 Å². The van der Waals surface area contributed by atoms with E-state index in [0.717, 1.165) is 0 Å². The topological polar surface area (TPSA) is 30.5 Å². The Balaban J connectivity index is 2.60. The summed E-state index contributed by atoms with van der Waals surface area (Å²) in [5.74, 6) is 0. The summed E-state index contributed by atoms with van der Waals surface area (Å²) in [6.07, 6.45) is 1.86. The first-order valence-corrected chi connectivity index (χ1v) is 7.30. The molecule has 0 aliphatic carbocycles. The number of rotatable bonds is 7. The lowest BCUT2D eigenvalue weighted by Crippen LogP contribution is -2.40. The lowest BCUT2D eigenvalue weighted by atomic mass is 10.1.